The number of pyridine rings is 1. The van der Waals surface area contributed by atoms with Crippen molar-refractivity contribution < 1.29 is 4.79 Å². The van der Waals surface area contributed by atoms with Crippen molar-refractivity contribution in [2.24, 2.45) is 0 Å². The summed E-state index contributed by atoms with van der Waals surface area (Å²) >= 11 is 0. The summed E-state index contributed by atoms with van der Waals surface area (Å²) in [7, 11) is 0. The fourth-order valence-electron chi connectivity index (χ4n) is 2.23. The molecule has 0 aliphatic rings. The lowest BCUT2D eigenvalue weighted by Gasteiger charge is -2.17. The Labute approximate surface area is 121 Å². The third kappa shape index (κ3) is 2.74. The fraction of sp³-hybridized carbons (Fsp3) is 0.200. The van der Waals surface area contributed by atoms with Gasteiger partial charge >= 0.3 is 0 Å². The molecule has 2 N–H and O–H groups in total. The summed E-state index contributed by atoms with van der Waals surface area (Å²) in [5.41, 5.74) is 2.98. The quantitative estimate of drug-likeness (QED) is 0.768. The van der Waals surface area contributed by atoms with Gasteiger partial charge in [-0.05, 0) is 36.2 Å². The molecular weight excluding hydrogens is 266 g/mol. The third-order valence-corrected chi connectivity index (χ3v) is 3.38. The number of aromatic amines is 1. The molecule has 1 atom stereocenters. The molecule has 2 heterocycles. The smallest absolute Gasteiger partial charge is 0.251 e. The SMILES string of the molecule is CC[C@H](NC(=O)c1ccc2n[nH]nc2c1)c1cccnc1. The second-order valence-corrected chi connectivity index (χ2v) is 4.75. The molecule has 1 aromatic carbocycles. The molecule has 3 aromatic rings. The summed E-state index contributed by atoms with van der Waals surface area (Å²) in [6, 6.07) is 9.02. The summed E-state index contributed by atoms with van der Waals surface area (Å²) in [5, 5.41) is 13.5. The molecule has 0 fully saturated rings. The van der Waals surface area contributed by atoms with Crippen molar-refractivity contribution in [2.75, 3.05) is 0 Å². The van der Waals surface area contributed by atoms with Crippen LogP contribution in [0.2, 0.25) is 0 Å². The van der Waals surface area contributed by atoms with Crippen LogP contribution in [0.15, 0.2) is 42.7 Å². The van der Waals surface area contributed by atoms with Crippen molar-refractivity contribution in [3.05, 3.63) is 53.9 Å². The van der Waals surface area contributed by atoms with E-state index in [1.54, 1.807) is 30.6 Å². The number of aromatic nitrogens is 4. The van der Waals surface area contributed by atoms with Crippen LogP contribution in [-0.2, 0) is 0 Å². The molecule has 0 saturated carbocycles. The van der Waals surface area contributed by atoms with Gasteiger partial charge in [0.05, 0.1) is 6.04 Å². The van der Waals surface area contributed by atoms with Crippen LogP contribution in [0.3, 0.4) is 0 Å². The molecule has 3 rings (SSSR count). The first kappa shape index (κ1) is 13.2. The molecule has 0 spiro atoms. The maximum Gasteiger partial charge on any atom is 0.251 e. The summed E-state index contributed by atoms with van der Waals surface area (Å²) in [4.78, 5) is 16.5. The van der Waals surface area contributed by atoms with Crippen molar-refractivity contribution in [3.63, 3.8) is 0 Å². The van der Waals surface area contributed by atoms with E-state index in [1.807, 2.05) is 19.1 Å². The Kier molecular flexibility index (Phi) is 3.59. The predicted molar refractivity (Wildman–Crippen MR) is 78.6 cm³/mol. The fourth-order valence-corrected chi connectivity index (χ4v) is 2.23. The number of nitrogens with zero attached hydrogens (tertiary/aromatic N) is 3. The van der Waals surface area contributed by atoms with Gasteiger partial charge in [-0.3, -0.25) is 9.78 Å². The average molecular weight is 281 g/mol. The molecular formula is C15H15N5O. The monoisotopic (exact) mass is 281 g/mol. The number of fused-ring (bicyclic) bond motifs is 1. The molecule has 0 aliphatic carbocycles. The van der Waals surface area contributed by atoms with E-state index >= 15 is 0 Å². The summed E-state index contributed by atoms with van der Waals surface area (Å²) < 4.78 is 0. The Morgan fingerprint density at radius 2 is 2.14 bits per heavy atom. The summed E-state index contributed by atoms with van der Waals surface area (Å²) in [5.74, 6) is -0.129. The van der Waals surface area contributed by atoms with Crippen LogP contribution in [0.1, 0.15) is 35.3 Å². The molecule has 2 aromatic heterocycles. The Balaban J connectivity index is 1.81. The number of benzene rings is 1. The molecule has 0 aliphatic heterocycles. The molecule has 0 bridgehead atoms. The zero-order chi connectivity index (χ0) is 14.7. The van der Waals surface area contributed by atoms with Crippen molar-refractivity contribution in [1.29, 1.82) is 0 Å². The second kappa shape index (κ2) is 5.70. The molecule has 6 nitrogen and oxygen atoms in total. The molecule has 0 radical (unpaired) electrons. The highest BCUT2D eigenvalue weighted by molar-refractivity contribution is 5.97. The van der Waals surface area contributed by atoms with Gasteiger partial charge in [0, 0.05) is 18.0 Å². The van der Waals surface area contributed by atoms with E-state index in [4.69, 9.17) is 0 Å². The average Bonchev–Trinajstić information content (AvgIpc) is 3.00. The van der Waals surface area contributed by atoms with E-state index in [9.17, 15) is 4.79 Å². The molecule has 0 unspecified atom stereocenters. The van der Waals surface area contributed by atoms with Crippen molar-refractivity contribution in [3.8, 4) is 0 Å². The minimum absolute atomic E-state index is 0.0563. The first-order valence-electron chi connectivity index (χ1n) is 6.79. The minimum Gasteiger partial charge on any atom is -0.345 e. The molecule has 0 saturated heterocycles. The maximum atomic E-state index is 12.4. The van der Waals surface area contributed by atoms with Gasteiger partial charge in [0.2, 0.25) is 0 Å². The van der Waals surface area contributed by atoms with Gasteiger partial charge in [0.15, 0.2) is 0 Å². The Bertz CT molecular complexity index is 753. The highest BCUT2D eigenvalue weighted by Crippen LogP contribution is 2.17. The maximum absolute atomic E-state index is 12.4. The number of carbonyl (C=O) groups excluding carboxylic acids is 1. The first-order chi connectivity index (χ1) is 10.3. The second-order valence-electron chi connectivity index (χ2n) is 4.75. The zero-order valence-electron chi connectivity index (χ0n) is 11.6. The van der Waals surface area contributed by atoms with Crippen LogP contribution in [-0.4, -0.2) is 26.3 Å². The van der Waals surface area contributed by atoms with Gasteiger partial charge in [-0.25, -0.2) is 0 Å². The molecule has 106 valence electrons. The molecule has 1 amide bonds. The highest BCUT2D eigenvalue weighted by atomic mass is 16.1. The van der Waals surface area contributed by atoms with E-state index in [0.717, 1.165) is 17.5 Å². The van der Waals surface area contributed by atoms with Gasteiger partial charge in [0.1, 0.15) is 11.0 Å². The highest BCUT2D eigenvalue weighted by Gasteiger charge is 2.15. The number of hydrogen-bond donors (Lipinski definition) is 2. The van der Waals surface area contributed by atoms with Crippen LogP contribution in [0.25, 0.3) is 11.0 Å². The lowest BCUT2D eigenvalue weighted by molar-refractivity contribution is 0.0935. The number of amides is 1. The predicted octanol–water partition coefficient (Wildman–Crippen LogP) is 2.23. The van der Waals surface area contributed by atoms with Gasteiger partial charge in [-0.1, -0.05) is 13.0 Å². The topological polar surface area (TPSA) is 83.6 Å². The third-order valence-electron chi connectivity index (χ3n) is 3.38. The molecule has 6 heteroatoms. The lowest BCUT2D eigenvalue weighted by atomic mass is 10.1. The number of hydrogen-bond acceptors (Lipinski definition) is 4. The summed E-state index contributed by atoms with van der Waals surface area (Å²) in [6.45, 7) is 2.03. The number of carbonyl (C=O) groups is 1. The normalized spacial score (nSPS) is 12.2. The van der Waals surface area contributed by atoms with E-state index in [2.05, 4.69) is 25.7 Å². The lowest BCUT2D eigenvalue weighted by Crippen LogP contribution is -2.28. The van der Waals surface area contributed by atoms with Crippen LogP contribution in [0, 0.1) is 0 Å². The van der Waals surface area contributed by atoms with E-state index in [1.165, 1.54) is 0 Å². The van der Waals surface area contributed by atoms with Gasteiger partial charge in [-0.15, -0.1) is 0 Å². The van der Waals surface area contributed by atoms with Crippen molar-refractivity contribution in [1.82, 2.24) is 25.7 Å². The van der Waals surface area contributed by atoms with Crippen molar-refractivity contribution in [2.45, 2.75) is 19.4 Å². The van der Waals surface area contributed by atoms with E-state index in [0.29, 0.717) is 11.1 Å². The van der Waals surface area contributed by atoms with Gasteiger partial charge in [-0.2, -0.15) is 15.4 Å². The number of rotatable bonds is 4. The molecule has 21 heavy (non-hydrogen) atoms. The largest absolute Gasteiger partial charge is 0.345 e. The van der Waals surface area contributed by atoms with Crippen molar-refractivity contribution >= 4 is 16.9 Å². The summed E-state index contributed by atoms with van der Waals surface area (Å²) in [6.07, 6.45) is 4.29. The Morgan fingerprint density at radius 1 is 1.29 bits per heavy atom. The van der Waals surface area contributed by atoms with Crippen LogP contribution in [0.5, 0.6) is 0 Å². The van der Waals surface area contributed by atoms with Crippen LogP contribution in [0.4, 0.5) is 0 Å². The number of H-pyrrole nitrogens is 1. The van der Waals surface area contributed by atoms with Crippen LogP contribution < -0.4 is 5.32 Å². The minimum atomic E-state index is -0.129. The van der Waals surface area contributed by atoms with Gasteiger partial charge in [0.25, 0.3) is 5.91 Å². The van der Waals surface area contributed by atoms with E-state index in [-0.39, 0.29) is 11.9 Å². The standard InChI is InChI=1S/C15H15N5O/c1-2-12(11-4-3-7-16-9-11)17-15(21)10-5-6-13-14(8-10)19-20-18-13/h3-9,12H,2H2,1H3,(H,17,21)(H,18,19,20)/t12-/m0/s1. The Morgan fingerprint density at radius 3 is 2.90 bits per heavy atom. The van der Waals surface area contributed by atoms with Gasteiger partial charge < -0.3 is 5.32 Å². The number of nitrogens with one attached hydrogen (secondary N) is 2. The first-order valence-corrected chi connectivity index (χ1v) is 6.79. The van der Waals surface area contributed by atoms with Crippen LogP contribution >= 0.6 is 0 Å². The Hall–Kier alpha value is -2.76. The zero-order valence-corrected chi connectivity index (χ0v) is 11.6. The van der Waals surface area contributed by atoms with E-state index < -0.39 is 0 Å².